The van der Waals surface area contributed by atoms with Gasteiger partial charge in [-0.1, -0.05) is 59.3 Å². The highest BCUT2D eigenvalue weighted by Crippen LogP contribution is 2.31. The minimum Gasteiger partial charge on any atom is -0.378 e. The third kappa shape index (κ3) is 7.33. The molecular formula is C19H38O3S. The van der Waals surface area contributed by atoms with Gasteiger partial charge in [-0.2, -0.15) is 12.6 Å². The van der Waals surface area contributed by atoms with Gasteiger partial charge in [0.05, 0.1) is 25.4 Å². The molecule has 3 nitrogen and oxygen atoms in total. The first-order valence-corrected chi connectivity index (χ1v) is 10.2. The van der Waals surface area contributed by atoms with Crippen molar-refractivity contribution in [2.45, 2.75) is 84.0 Å². The van der Waals surface area contributed by atoms with E-state index in [1.807, 2.05) is 0 Å². The monoisotopic (exact) mass is 346 g/mol. The Morgan fingerprint density at radius 3 is 2.48 bits per heavy atom. The van der Waals surface area contributed by atoms with Gasteiger partial charge in [-0.05, 0) is 12.3 Å². The molecular weight excluding hydrogens is 308 g/mol. The van der Waals surface area contributed by atoms with Gasteiger partial charge in [0, 0.05) is 18.8 Å². The maximum absolute atomic E-state index is 6.16. The Labute approximate surface area is 149 Å². The number of thiol groups is 1. The van der Waals surface area contributed by atoms with E-state index in [2.05, 4.69) is 33.4 Å². The summed E-state index contributed by atoms with van der Waals surface area (Å²) < 4.78 is 18.0. The van der Waals surface area contributed by atoms with Crippen molar-refractivity contribution in [2.75, 3.05) is 26.1 Å². The minimum absolute atomic E-state index is 0.0333. The average Bonchev–Trinajstić information content (AvgIpc) is 2.55. The average molecular weight is 347 g/mol. The number of rotatable bonds is 12. The molecule has 1 saturated heterocycles. The van der Waals surface area contributed by atoms with E-state index in [4.69, 9.17) is 14.2 Å². The van der Waals surface area contributed by atoms with Gasteiger partial charge in [0.1, 0.15) is 6.10 Å². The van der Waals surface area contributed by atoms with E-state index in [9.17, 15) is 0 Å². The van der Waals surface area contributed by atoms with Crippen LogP contribution in [0.1, 0.15) is 65.7 Å². The molecule has 0 saturated carbocycles. The molecule has 1 fully saturated rings. The van der Waals surface area contributed by atoms with Crippen LogP contribution in [0.25, 0.3) is 0 Å². The maximum Gasteiger partial charge on any atom is 0.110 e. The summed E-state index contributed by atoms with van der Waals surface area (Å²) in [6.45, 7) is 8.17. The first-order chi connectivity index (χ1) is 11.2. The summed E-state index contributed by atoms with van der Waals surface area (Å²) in [5, 5.41) is 0. The molecule has 0 aromatic heterocycles. The predicted octanol–water partition coefficient (Wildman–Crippen LogP) is 4.74. The fourth-order valence-corrected chi connectivity index (χ4v) is 3.71. The number of hydrogen-bond acceptors (Lipinski definition) is 4. The maximum atomic E-state index is 6.16. The van der Waals surface area contributed by atoms with Crippen LogP contribution in [-0.4, -0.2) is 44.4 Å². The molecule has 0 spiro atoms. The summed E-state index contributed by atoms with van der Waals surface area (Å²) in [5.74, 6) is 1.62. The molecule has 1 rings (SSSR count). The predicted molar refractivity (Wildman–Crippen MR) is 100 cm³/mol. The largest absolute Gasteiger partial charge is 0.378 e. The summed E-state index contributed by atoms with van der Waals surface area (Å²) in [6.07, 6.45) is 9.56. The first kappa shape index (κ1) is 21.3. The van der Waals surface area contributed by atoms with Crippen molar-refractivity contribution in [3.05, 3.63) is 0 Å². The molecule has 1 aliphatic rings. The second-order valence-electron chi connectivity index (χ2n) is 7.07. The topological polar surface area (TPSA) is 27.7 Å². The Kier molecular flexibility index (Phi) is 11.6. The zero-order valence-electron chi connectivity index (χ0n) is 15.6. The standard InChI is InChI=1S/C19H38O3S/c1-5-6-7-8-9-10-11-15(2)18-19(21-12-13-23)17(20-4)16(3)14-22-18/h15-19,23H,5-14H2,1-4H3/t15?,16-,17-,18+,19+/m1/s1. The van der Waals surface area contributed by atoms with E-state index >= 15 is 0 Å². The number of hydrogen-bond donors (Lipinski definition) is 1. The summed E-state index contributed by atoms with van der Waals surface area (Å²) in [4.78, 5) is 0. The Bertz CT molecular complexity index is 288. The molecule has 5 atom stereocenters. The molecule has 1 aliphatic heterocycles. The second-order valence-corrected chi connectivity index (χ2v) is 7.52. The van der Waals surface area contributed by atoms with Crippen LogP contribution in [0.5, 0.6) is 0 Å². The second kappa shape index (κ2) is 12.6. The fraction of sp³-hybridized carbons (Fsp3) is 1.00. The molecule has 0 bridgehead atoms. The molecule has 1 unspecified atom stereocenters. The summed E-state index contributed by atoms with van der Waals surface area (Å²) in [6, 6.07) is 0. The lowest BCUT2D eigenvalue weighted by atomic mass is 9.85. The van der Waals surface area contributed by atoms with Crippen molar-refractivity contribution in [1.29, 1.82) is 0 Å². The molecule has 23 heavy (non-hydrogen) atoms. The lowest BCUT2D eigenvalue weighted by molar-refractivity contribution is -0.201. The van der Waals surface area contributed by atoms with E-state index < -0.39 is 0 Å². The summed E-state index contributed by atoms with van der Waals surface area (Å²) in [5.41, 5.74) is 0. The van der Waals surface area contributed by atoms with Gasteiger partial charge in [-0.15, -0.1) is 0 Å². The Morgan fingerprint density at radius 1 is 1.13 bits per heavy atom. The van der Waals surface area contributed by atoms with Crippen LogP contribution < -0.4 is 0 Å². The van der Waals surface area contributed by atoms with Crippen molar-refractivity contribution >= 4 is 12.6 Å². The highest BCUT2D eigenvalue weighted by Gasteiger charge is 2.41. The summed E-state index contributed by atoms with van der Waals surface area (Å²) >= 11 is 4.27. The smallest absolute Gasteiger partial charge is 0.110 e. The molecule has 0 N–H and O–H groups in total. The quantitative estimate of drug-likeness (QED) is 0.409. The third-order valence-corrected chi connectivity index (χ3v) is 5.19. The highest BCUT2D eigenvalue weighted by atomic mass is 32.1. The molecule has 1 heterocycles. The van der Waals surface area contributed by atoms with Crippen LogP contribution in [0.3, 0.4) is 0 Å². The number of methoxy groups -OCH3 is 1. The summed E-state index contributed by atoms with van der Waals surface area (Å²) in [7, 11) is 1.79. The zero-order chi connectivity index (χ0) is 17.1. The van der Waals surface area contributed by atoms with E-state index in [-0.39, 0.29) is 18.3 Å². The highest BCUT2D eigenvalue weighted by molar-refractivity contribution is 7.80. The van der Waals surface area contributed by atoms with Crippen molar-refractivity contribution in [2.24, 2.45) is 11.8 Å². The van der Waals surface area contributed by atoms with Gasteiger partial charge in [-0.25, -0.2) is 0 Å². The third-order valence-electron chi connectivity index (χ3n) is 5.01. The fourth-order valence-electron chi connectivity index (χ4n) is 3.61. The molecule has 4 heteroatoms. The van der Waals surface area contributed by atoms with Crippen LogP contribution in [0.4, 0.5) is 0 Å². The van der Waals surface area contributed by atoms with Gasteiger partial charge in [0.25, 0.3) is 0 Å². The molecule has 0 aliphatic carbocycles. The Morgan fingerprint density at radius 2 is 1.83 bits per heavy atom. The van der Waals surface area contributed by atoms with Gasteiger partial charge < -0.3 is 14.2 Å². The van der Waals surface area contributed by atoms with E-state index in [0.29, 0.717) is 18.4 Å². The van der Waals surface area contributed by atoms with Crippen LogP contribution in [0, 0.1) is 11.8 Å². The van der Waals surface area contributed by atoms with E-state index in [1.165, 1.54) is 44.9 Å². The molecule has 0 amide bonds. The molecule has 0 aromatic carbocycles. The van der Waals surface area contributed by atoms with Gasteiger partial charge in [0.15, 0.2) is 0 Å². The lowest BCUT2D eigenvalue weighted by Crippen LogP contribution is -2.53. The van der Waals surface area contributed by atoms with E-state index in [1.54, 1.807) is 7.11 Å². The first-order valence-electron chi connectivity index (χ1n) is 9.52. The van der Waals surface area contributed by atoms with Crippen molar-refractivity contribution in [3.63, 3.8) is 0 Å². The SMILES string of the molecule is CCCCCCCCC(C)[C@@H]1OC[C@@H](C)[C@@H](OC)[C@@H]1OCCS. The van der Waals surface area contributed by atoms with Crippen LogP contribution >= 0.6 is 12.6 Å². The lowest BCUT2D eigenvalue weighted by Gasteiger charge is -2.43. The minimum atomic E-state index is 0.0333. The van der Waals surface area contributed by atoms with Crippen LogP contribution in [-0.2, 0) is 14.2 Å². The number of unbranched alkanes of at least 4 members (excludes halogenated alkanes) is 5. The van der Waals surface area contributed by atoms with Crippen molar-refractivity contribution in [3.8, 4) is 0 Å². The van der Waals surface area contributed by atoms with Gasteiger partial charge in [-0.3, -0.25) is 0 Å². The molecule has 0 radical (unpaired) electrons. The molecule has 0 aromatic rings. The number of ether oxygens (including phenoxy) is 3. The molecule has 138 valence electrons. The van der Waals surface area contributed by atoms with Crippen molar-refractivity contribution in [1.82, 2.24) is 0 Å². The Balaban J connectivity index is 2.45. The van der Waals surface area contributed by atoms with Crippen LogP contribution in [0.2, 0.25) is 0 Å². The van der Waals surface area contributed by atoms with Gasteiger partial charge >= 0.3 is 0 Å². The van der Waals surface area contributed by atoms with Crippen LogP contribution in [0.15, 0.2) is 0 Å². The normalized spacial score (nSPS) is 29.6. The van der Waals surface area contributed by atoms with Gasteiger partial charge in [0.2, 0.25) is 0 Å². The Hall–Kier alpha value is 0.230. The van der Waals surface area contributed by atoms with Crippen molar-refractivity contribution < 1.29 is 14.2 Å². The van der Waals surface area contributed by atoms with E-state index in [0.717, 1.165) is 12.4 Å². The zero-order valence-corrected chi connectivity index (χ0v) is 16.5.